The SMILES string of the molecule is O=C(OCc1ccccc1)N1CCc2ccc(OCCI)cc2C1. The minimum Gasteiger partial charge on any atom is -0.493 e. The Morgan fingerprint density at radius 1 is 1.12 bits per heavy atom. The molecule has 0 atom stereocenters. The van der Waals surface area contributed by atoms with Gasteiger partial charge in [0.15, 0.2) is 0 Å². The molecule has 0 saturated heterocycles. The summed E-state index contributed by atoms with van der Waals surface area (Å²) in [7, 11) is 0. The summed E-state index contributed by atoms with van der Waals surface area (Å²) < 4.78 is 12.1. The zero-order valence-electron chi connectivity index (χ0n) is 13.4. The van der Waals surface area contributed by atoms with Gasteiger partial charge in [-0.15, -0.1) is 0 Å². The van der Waals surface area contributed by atoms with Crippen LogP contribution >= 0.6 is 22.6 Å². The predicted octanol–water partition coefficient (Wildman–Crippen LogP) is 4.20. The molecule has 0 spiro atoms. The standard InChI is InChI=1S/C19H20INO3/c20-9-11-23-18-7-6-16-8-10-21(13-17(16)12-18)19(22)24-14-15-4-2-1-3-5-15/h1-7,12H,8-11,13-14H2. The molecule has 0 N–H and O–H groups in total. The van der Waals surface area contributed by atoms with Crippen LogP contribution in [0.3, 0.4) is 0 Å². The van der Waals surface area contributed by atoms with Gasteiger partial charge in [-0.1, -0.05) is 59.0 Å². The molecule has 3 rings (SSSR count). The average Bonchev–Trinajstić information content (AvgIpc) is 2.64. The van der Waals surface area contributed by atoms with Gasteiger partial charge in [0.1, 0.15) is 12.4 Å². The number of hydrogen-bond acceptors (Lipinski definition) is 3. The molecule has 0 bridgehead atoms. The zero-order chi connectivity index (χ0) is 16.8. The quantitative estimate of drug-likeness (QED) is 0.520. The van der Waals surface area contributed by atoms with Crippen LogP contribution in [0.15, 0.2) is 48.5 Å². The second kappa shape index (κ2) is 8.37. The highest BCUT2D eigenvalue weighted by atomic mass is 127. The summed E-state index contributed by atoms with van der Waals surface area (Å²) in [6.07, 6.45) is 0.589. The van der Waals surface area contributed by atoms with Gasteiger partial charge in [0.25, 0.3) is 0 Å². The van der Waals surface area contributed by atoms with Gasteiger partial charge in [0.05, 0.1) is 6.61 Å². The van der Waals surface area contributed by atoms with Gasteiger partial charge >= 0.3 is 6.09 Å². The molecule has 2 aromatic carbocycles. The van der Waals surface area contributed by atoms with Crippen molar-refractivity contribution in [1.82, 2.24) is 4.90 Å². The van der Waals surface area contributed by atoms with Crippen molar-refractivity contribution in [2.45, 2.75) is 19.6 Å². The molecule has 5 heteroatoms. The van der Waals surface area contributed by atoms with E-state index < -0.39 is 0 Å². The van der Waals surface area contributed by atoms with Gasteiger partial charge in [-0.05, 0) is 35.2 Å². The summed E-state index contributed by atoms with van der Waals surface area (Å²) in [5, 5.41) is 0. The third-order valence-electron chi connectivity index (χ3n) is 4.00. The monoisotopic (exact) mass is 437 g/mol. The van der Waals surface area contributed by atoms with E-state index in [0.29, 0.717) is 26.3 Å². The number of ether oxygens (including phenoxy) is 2. The van der Waals surface area contributed by atoms with E-state index in [0.717, 1.165) is 27.7 Å². The molecule has 0 radical (unpaired) electrons. The van der Waals surface area contributed by atoms with E-state index in [9.17, 15) is 4.79 Å². The molecule has 1 aliphatic rings. The van der Waals surface area contributed by atoms with E-state index in [2.05, 4.69) is 28.7 Å². The molecule has 0 aliphatic carbocycles. The van der Waals surface area contributed by atoms with Crippen molar-refractivity contribution in [3.8, 4) is 5.75 Å². The minimum atomic E-state index is -0.261. The average molecular weight is 437 g/mol. The van der Waals surface area contributed by atoms with Crippen LogP contribution in [0, 0.1) is 0 Å². The Labute approximate surface area is 155 Å². The second-order valence-corrected chi connectivity index (χ2v) is 6.76. The second-order valence-electron chi connectivity index (χ2n) is 5.68. The number of carbonyl (C=O) groups is 1. The van der Waals surface area contributed by atoms with Gasteiger partial charge in [-0.2, -0.15) is 0 Å². The van der Waals surface area contributed by atoms with Crippen LogP contribution in [0.1, 0.15) is 16.7 Å². The van der Waals surface area contributed by atoms with Gasteiger partial charge in [0, 0.05) is 17.5 Å². The highest BCUT2D eigenvalue weighted by molar-refractivity contribution is 14.1. The molecule has 2 aromatic rings. The fourth-order valence-electron chi connectivity index (χ4n) is 2.75. The zero-order valence-corrected chi connectivity index (χ0v) is 15.6. The summed E-state index contributed by atoms with van der Waals surface area (Å²) in [5.74, 6) is 0.866. The molecule has 24 heavy (non-hydrogen) atoms. The minimum absolute atomic E-state index is 0.261. The molecule has 4 nitrogen and oxygen atoms in total. The number of carbonyl (C=O) groups excluding carboxylic acids is 1. The van der Waals surface area contributed by atoms with E-state index in [4.69, 9.17) is 9.47 Å². The molecular formula is C19H20INO3. The first-order valence-corrected chi connectivity index (χ1v) is 9.55. The van der Waals surface area contributed by atoms with Crippen LogP contribution in [0.4, 0.5) is 4.79 Å². The van der Waals surface area contributed by atoms with Gasteiger partial charge in [0.2, 0.25) is 0 Å². The van der Waals surface area contributed by atoms with Crippen molar-refractivity contribution in [2.24, 2.45) is 0 Å². The van der Waals surface area contributed by atoms with Gasteiger partial charge in [-0.3, -0.25) is 0 Å². The van der Waals surface area contributed by atoms with E-state index in [1.165, 1.54) is 5.56 Å². The Morgan fingerprint density at radius 3 is 2.75 bits per heavy atom. The Hall–Kier alpha value is -1.76. The lowest BCUT2D eigenvalue weighted by atomic mass is 10.00. The summed E-state index contributed by atoms with van der Waals surface area (Å²) in [6, 6.07) is 15.9. The first-order chi connectivity index (χ1) is 11.8. The summed E-state index contributed by atoms with van der Waals surface area (Å²) in [6.45, 7) is 2.27. The lowest BCUT2D eigenvalue weighted by molar-refractivity contribution is 0.0918. The summed E-state index contributed by atoms with van der Waals surface area (Å²) >= 11 is 2.29. The van der Waals surface area contributed by atoms with Crippen molar-refractivity contribution < 1.29 is 14.3 Å². The van der Waals surface area contributed by atoms with Crippen LogP contribution in [0.25, 0.3) is 0 Å². The van der Waals surface area contributed by atoms with Gasteiger partial charge in [-0.25, -0.2) is 4.79 Å². The van der Waals surface area contributed by atoms with Gasteiger partial charge < -0.3 is 14.4 Å². The number of halogens is 1. The Balaban J connectivity index is 1.60. The number of benzene rings is 2. The number of hydrogen-bond donors (Lipinski definition) is 0. The molecular weight excluding hydrogens is 417 g/mol. The first kappa shape index (κ1) is 17.1. The largest absolute Gasteiger partial charge is 0.493 e. The fraction of sp³-hybridized carbons (Fsp3) is 0.316. The molecule has 0 fully saturated rings. The molecule has 126 valence electrons. The molecule has 0 saturated carbocycles. The number of amides is 1. The van der Waals surface area contributed by atoms with Crippen LogP contribution in [-0.2, 0) is 24.3 Å². The highest BCUT2D eigenvalue weighted by Gasteiger charge is 2.22. The third-order valence-corrected chi connectivity index (χ3v) is 4.44. The van der Waals surface area contributed by atoms with Crippen LogP contribution in [0.2, 0.25) is 0 Å². The number of nitrogens with zero attached hydrogens (tertiary/aromatic N) is 1. The van der Waals surface area contributed by atoms with Crippen molar-refractivity contribution in [2.75, 3.05) is 17.6 Å². The molecule has 1 aliphatic heterocycles. The maximum atomic E-state index is 12.3. The van der Waals surface area contributed by atoms with E-state index in [1.54, 1.807) is 4.90 Å². The van der Waals surface area contributed by atoms with Crippen molar-refractivity contribution in [3.05, 3.63) is 65.2 Å². The molecule has 0 aromatic heterocycles. The van der Waals surface area contributed by atoms with Crippen LogP contribution in [-0.4, -0.2) is 28.6 Å². The lowest BCUT2D eigenvalue weighted by Crippen LogP contribution is -2.36. The number of alkyl halides is 1. The number of fused-ring (bicyclic) bond motifs is 1. The van der Waals surface area contributed by atoms with Crippen LogP contribution in [0.5, 0.6) is 5.75 Å². The summed E-state index contributed by atoms with van der Waals surface area (Å²) in [5.41, 5.74) is 3.42. The number of rotatable bonds is 5. The smallest absolute Gasteiger partial charge is 0.410 e. The van der Waals surface area contributed by atoms with Crippen LogP contribution < -0.4 is 4.74 Å². The maximum Gasteiger partial charge on any atom is 0.410 e. The maximum absolute atomic E-state index is 12.3. The van der Waals surface area contributed by atoms with E-state index in [-0.39, 0.29) is 6.09 Å². The molecule has 1 heterocycles. The Bertz CT molecular complexity index is 690. The third kappa shape index (κ3) is 4.41. The first-order valence-electron chi connectivity index (χ1n) is 8.02. The van der Waals surface area contributed by atoms with Crippen molar-refractivity contribution in [3.63, 3.8) is 0 Å². The Morgan fingerprint density at radius 2 is 1.96 bits per heavy atom. The van der Waals surface area contributed by atoms with Crippen molar-refractivity contribution in [1.29, 1.82) is 0 Å². The fourth-order valence-corrected chi connectivity index (χ4v) is 2.97. The van der Waals surface area contributed by atoms with E-state index in [1.807, 2.05) is 42.5 Å². The van der Waals surface area contributed by atoms with Crippen molar-refractivity contribution >= 4 is 28.7 Å². The highest BCUT2D eigenvalue weighted by Crippen LogP contribution is 2.24. The lowest BCUT2D eigenvalue weighted by Gasteiger charge is -2.28. The predicted molar refractivity (Wildman–Crippen MR) is 102 cm³/mol. The topological polar surface area (TPSA) is 38.8 Å². The summed E-state index contributed by atoms with van der Waals surface area (Å²) in [4.78, 5) is 14.1. The normalized spacial score (nSPS) is 13.3. The molecule has 1 amide bonds. The van der Waals surface area contributed by atoms with E-state index >= 15 is 0 Å². The molecule has 0 unspecified atom stereocenters. The Kier molecular flexibility index (Phi) is 5.96.